The van der Waals surface area contributed by atoms with Crippen LogP contribution in [0.5, 0.6) is 0 Å². The van der Waals surface area contributed by atoms with Crippen LogP contribution in [0.15, 0.2) is 0 Å². The standard InChI is InChI=1S/C9H16O4.C5H11Cl/c1-13-9(12)7-5-3-2-4-6-8(10)11;1-2-3-4-5-6/h2-7H2,1H3,(H,10,11);2-5H2,1H3. The molecule has 0 radical (unpaired) electrons. The molecular formula is C14H27ClO4. The summed E-state index contributed by atoms with van der Waals surface area (Å²) in [5.41, 5.74) is 0. The van der Waals surface area contributed by atoms with Crippen LogP contribution in [0.3, 0.4) is 0 Å². The molecule has 0 spiro atoms. The molecule has 0 aliphatic carbocycles. The van der Waals surface area contributed by atoms with Gasteiger partial charge in [-0.15, -0.1) is 11.6 Å². The van der Waals surface area contributed by atoms with E-state index in [1.165, 1.54) is 26.4 Å². The lowest BCUT2D eigenvalue weighted by Crippen LogP contribution is -1.99. The van der Waals surface area contributed by atoms with Gasteiger partial charge in [-0.25, -0.2) is 0 Å². The molecule has 0 rings (SSSR count). The second kappa shape index (κ2) is 17.2. The molecule has 0 fully saturated rings. The van der Waals surface area contributed by atoms with Crippen LogP contribution >= 0.6 is 11.6 Å². The van der Waals surface area contributed by atoms with E-state index in [9.17, 15) is 9.59 Å². The predicted octanol–water partition coefficient (Wildman–Crippen LogP) is 4.00. The molecule has 0 aromatic rings. The number of unbranched alkanes of at least 4 members (excludes halogenated alkanes) is 5. The van der Waals surface area contributed by atoms with E-state index in [-0.39, 0.29) is 12.4 Å². The highest BCUT2D eigenvalue weighted by Crippen LogP contribution is 2.05. The molecule has 0 heterocycles. The van der Waals surface area contributed by atoms with Crippen LogP contribution in [0.4, 0.5) is 0 Å². The summed E-state index contributed by atoms with van der Waals surface area (Å²) in [4.78, 5) is 20.7. The van der Waals surface area contributed by atoms with Gasteiger partial charge in [-0.05, 0) is 19.3 Å². The van der Waals surface area contributed by atoms with Crippen LogP contribution in [0.2, 0.25) is 0 Å². The highest BCUT2D eigenvalue weighted by Gasteiger charge is 2.00. The molecule has 0 saturated heterocycles. The van der Waals surface area contributed by atoms with Crippen molar-refractivity contribution in [2.75, 3.05) is 13.0 Å². The number of aliphatic carboxylic acids is 1. The summed E-state index contributed by atoms with van der Waals surface area (Å²) in [7, 11) is 1.37. The Hall–Kier alpha value is -0.770. The van der Waals surface area contributed by atoms with Crippen molar-refractivity contribution in [1.29, 1.82) is 0 Å². The van der Waals surface area contributed by atoms with E-state index < -0.39 is 5.97 Å². The molecule has 114 valence electrons. The average Bonchev–Trinajstić information content (AvgIpc) is 2.40. The van der Waals surface area contributed by atoms with Crippen LogP contribution in [0.25, 0.3) is 0 Å². The first kappa shape index (κ1) is 20.5. The number of hydrogen-bond acceptors (Lipinski definition) is 3. The van der Waals surface area contributed by atoms with Crippen LogP contribution in [-0.2, 0) is 14.3 Å². The molecule has 0 aromatic heterocycles. The fourth-order valence-electron chi connectivity index (χ4n) is 1.35. The maximum absolute atomic E-state index is 10.6. The Morgan fingerprint density at radius 1 is 1.00 bits per heavy atom. The van der Waals surface area contributed by atoms with E-state index >= 15 is 0 Å². The Morgan fingerprint density at radius 3 is 1.95 bits per heavy atom. The summed E-state index contributed by atoms with van der Waals surface area (Å²) in [6.07, 6.45) is 7.62. The van der Waals surface area contributed by atoms with Gasteiger partial charge < -0.3 is 9.84 Å². The summed E-state index contributed by atoms with van der Waals surface area (Å²) < 4.78 is 4.46. The Labute approximate surface area is 121 Å². The largest absolute Gasteiger partial charge is 0.481 e. The van der Waals surface area contributed by atoms with Gasteiger partial charge in [-0.2, -0.15) is 0 Å². The molecule has 0 unspecified atom stereocenters. The number of carboxylic acids is 1. The first-order valence-corrected chi connectivity index (χ1v) is 7.46. The lowest BCUT2D eigenvalue weighted by atomic mass is 10.1. The highest BCUT2D eigenvalue weighted by atomic mass is 35.5. The maximum Gasteiger partial charge on any atom is 0.305 e. The Kier molecular flexibility index (Phi) is 18.6. The van der Waals surface area contributed by atoms with Crippen molar-refractivity contribution in [2.24, 2.45) is 0 Å². The van der Waals surface area contributed by atoms with E-state index in [0.717, 1.165) is 25.1 Å². The van der Waals surface area contributed by atoms with Crippen molar-refractivity contribution in [3.8, 4) is 0 Å². The van der Waals surface area contributed by atoms with E-state index in [1.54, 1.807) is 0 Å². The number of carboxylic acid groups (broad SMARTS) is 1. The third-order valence-electron chi connectivity index (χ3n) is 2.49. The van der Waals surface area contributed by atoms with Crippen LogP contribution in [0, 0.1) is 0 Å². The number of hydrogen-bond donors (Lipinski definition) is 1. The minimum Gasteiger partial charge on any atom is -0.481 e. The van der Waals surface area contributed by atoms with Crippen molar-refractivity contribution in [1.82, 2.24) is 0 Å². The molecule has 19 heavy (non-hydrogen) atoms. The fourth-order valence-corrected chi connectivity index (χ4v) is 1.53. The van der Waals surface area contributed by atoms with Crippen molar-refractivity contribution >= 4 is 23.5 Å². The first-order valence-electron chi connectivity index (χ1n) is 6.93. The van der Waals surface area contributed by atoms with Gasteiger partial charge in [-0.3, -0.25) is 9.59 Å². The normalized spacial score (nSPS) is 9.42. The lowest BCUT2D eigenvalue weighted by Gasteiger charge is -1.98. The Bertz CT molecular complexity index is 215. The summed E-state index contributed by atoms with van der Waals surface area (Å²) in [6, 6.07) is 0. The topological polar surface area (TPSA) is 63.6 Å². The molecule has 0 aliphatic heterocycles. The van der Waals surface area contributed by atoms with E-state index in [2.05, 4.69) is 11.7 Å². The van der Waals surface area contributed by atoms with Gasteiger partial charge in [0, 0.05) is 18.7 Å². The Morgan fingerprint density at radius 2 is 1.58 bits per heavy atom. The van der Waals surface area contributed by atoms with E-state index in [4.69, 9.17) is 16.7 Å². The number of carbonyl (C=O) groups is 2. The quantitative estimate of drug-likeness (QED) is 0.376. The molecule has 4 nitrogen and oxygen atoms in total. The second-order valence-electron chi connectivity index (χ2n) is 4.28. The third kappa shape index (κ3) is 22.8. The molecule has 0 amide bonds. The summed E-state index contributed by atoms with van der Waals surface area (Å²) in [5, 5.41) is 8.32. The van der Waals surface area contributed by atoms with Gasteiger partial charge in [0.25, 0.3) is 0 Å². The molecular weight excluding hydrogens is 268 g/mol. The lowest BCUT2D eigenvalue weighted by molar-refractivity contribution is -0.141. The van der Waals surface area contributed by atoms with Gasteiger partial charge in [0.15, 0.2) is 0 Å². The first-order chi connectivity index (χ1) is 9.08. The summed E-state index contributed by atoms with van der Waals surface area (Å²) in [5.74, 6) is -0.125. The average molecular weight is 295 g/mol. The number of rotatable bonds is 10. The number of ether oxygens (including phenoxy) is 1. The smallest absolute Gasteiger partial charge is 0.305 e. The fraction of sp³-hybridized carbons (Fsp3) is 0.857. The molecule has 0 aliphatic rings. The van der Waals surface area contributed by atoms with Gasteiger partial charge in [0.05, 0.1) is 7.11 Å². The monoisotopic (exact) mass is 294 g/mol. The number of esters is 1. The Balaban J connectivity index is 0. The molecule has 5 heteroatoms. The van der Waals surface area contributed by atoms with Crippen molar-refractivity contribution in [3.63, 3.8) is 0 Å². The summed E-state index contributed by atoms with van der Waals surface area (Å²) >= 11 is 5.38. The van der Waals surface area contributed by atoms with Crippen LogP contribution in [0.1, 0.15) is 64.7 Å². The molecule has 0 aromatic carbocycles. The van der Waals surface area contributed by atoms with Crippen molar-refractivity contribution in [3.05, 3.63) is 0 Å². The van der Waals surface area contributed by atoms with Crippen LogP contribution < -0.4 is 0 Å². The number of methoxy groups -OCH3 is 1. The van der Waals surface area contributed by atoms with Crippen molar-refractivity contribution in [2.45, 2.75) is 64.7 Å². The number of alkyl halides is 1. The number of halogens is 1. The third-order valence-corrected chi connectivity index (χ3v) is 2.75. The number of carbonyl (C=O) groups excluding carboxylic acids is 1. The van der Waals surface area contributed by atoms with E-state index in [0.29, 0.717) is 12.8 Å². The second-order valence-corrected chi connectivity index (χ2v) is 4.66. The van der Waals surface area contributed by atoms with Gasteiger partial charge in [0.2, 0.25) is 0 Å². The van der Waals surface area contributed by atoms with Crippen molar-refractivity contribution < 1.29 is 19.4 Å². The SMILES string of the molecule is CCCCCCl.COC(=O)CCCCCCC(=O)O. The molecule has 0 saturated carbocycles. The minimum absolute atomic E-state index is 0.196. The zero-order chi connectivity index (χ0) is 14.9. The molecule has 1 N–H and O–H groups in total. The van der Waals surface area contributed by atoms with Crippen LogP contribution in [-0.4, -0.2) is 30.0 Å². The maximum atomic E-state index is 10.6. The van der Waals surface area contributed by atoms with Gasteiger partial charge in [0.1, 0.15) is 0 Å². The zero-order valence-corrected chi connectivity index (χ0v) is 12.9. The molecule has 0 bridgehead atoms. The molecule has 0 atom stereocenters. The highest BCUT2D eigenvalue weighted by molar-refractivity contribution is 6.17. The zero-order valence-electron chi connectivity index (χ0n) is 12.1. The van der Waals surface area contributed by atoms with E-state index in [1.807, 2.05) is 0 Å². The summed E-state index contributed by atoms with van der Waals surface area (Å²) in [6.45, 7) is 2.17. The van der Waals surface area contributed by atoms with Gasteiger partial charge >= 0.3 is 11.9 Å². The van der Waals surface area contributed by atoms with Gasteiger partial charge in [-0.1, -0.05) is 32.6 Å². The minimum atomic E-state index is -0.757. The predicted molar refractivity (Wildman–Crippen MR) is 77.6 cm³/mol.